The highest BCUT2D eigenvalue weighted by Gasteiger charge is 2.18. The van der Waals surface area contributed by atoms with E-state index < -0.39 is 0 Å². The third-order valence-electron chi connectivity index (χ3n) is 4.47. The van der Waals surface area contributed by atoms with Crippen molar-refractivity contribution in [2.24, 2.45) is 0 Å². The Kier molecular flexibility index (Phi) is 4.52. The maximum Gasteiger partial charge on any atom is 0.256 e. The molecule has 0 N–H and O–H groups in total. The van der Waals surface area contributed by atoms with E-state index in [-0.39, 0.29) is 5.56 Å². The Morgan fingerprint density at radius 1 is 1.08 bits per heavy atom. The van der Waals surface area contributed by atoms with E-state index in [1.54, 1.807) is 0 Å². The highest BCUT2D eigenvalue weighted by molar-refractivity contribution is 5.94. The summed E-state index contributed by atoms with van der Waals surface area (Å²) >= 11 is 0. The molecule has 24 heavy (non-hydrogen) atoms. The van der Waals surface area contributed by atoms with Crippen LogP contribution in [-0.4, -0.2) is 9.55 Å². The van der Waals surface area contributed by atoms with Crippen LogP contribution in [0.1, 0.15) is 37.1 Å². The predicted molar refractivity (Wildman–Crippen MR) is 101 cm³/mol. The van der Waals surface area contributed by atoms with E-state index in [2.05, 4.69) is 49.2 Å². The standard InChI is InChI=1S/C21H24N2O/c1-5-8-18-19(16-10-7-9-14(3)13-16)17-12-11-15(4)22-20(17)23(6-2)21(18)24/h7,9-13H,5-6,8H2,1-4H3. The Labute approximate surface area is 143 Å². The summed E-state index contributed by atoms with van der Waals surface area (Å²) in [5, 5.41) is 1.07. The topological polar surface area (TPSA) is 34.9 Å². The lowest BCUT2D eigenvalue weighted by Crippen LogP contribution is -2.25. The smallest absolute Gasteiger partial charge is 0.256 e. The lowest BCUT2D eigenvalue weighted by atomic mass is 9.94. The molecule has 2 aromatic heterocycles. The molecule has 0 spiro atoms. The van der Waals surface area contributed by atoms with Gasteiger partial charge >= 0.3 is 0 Å². The molecule has 3 rings (SSSR count). The van der Waals surface area contributed by atoms with E-state index >= 15 is 0 Å². The van der Waals surface area contributed by atoms with Gasteiger partial charge in [0.2, 0.25) is 0 Å². The summed E-state index contributed by atoms with van der Waals surface area (Å²) < 4.78 is 1.81. The van der Waals surface area contributed by atoms with Gasteiger partial charge in [-0.15, -0.1) is 0 Å². The van der Waals surface area contributed by atoms with Crippen molar-refractivity contribution in [2.75, 3.05) is 0 Å². The zero-order chi connectivity index (χ0) is 17.3. The first-order chi connectivity index (χ1) is 11.6. The van der Waals surface area contributed by atoms with Crippen molar-refractivity contribution in [1.82, 2.24) is 9.55 Å². The van der Waals surface area contributed by atoms with E-state index in [9.17, 15) is 4.79 Å². The number of pyridine rings is 2. The molecule has 0 amide bonds. The Bertz CT molecular complexity index is 954. The average molecular weight is 320 g/mol. The normalized spacial score (nSPS) is 11.2. The molecule has 3 aromatic rings. The number of nitrogens with zero attached hydrogens (tertiary/aromatic N) is 2. The van der Waals surface area contributed by atoms with Crippen LogP contribution in [0, 0.1) is 13.8 Å². The summed E-state index contributed by atoms with van der Waals surface area (Å²) in [6.45, 7) is 8.81. The molecule has 0 aliphatic rings. The molecule has 0 radical (unpaired) electrons. The van der Waals surface area contributed by atoms with E-state index in [1.165, 1.54) is 5.56 Å². The van der Waals surface area contributed by atoms with E-state index in [0.717, 1.165) is 46.3 Å². The molecule has 0 aliphatic heterocycles. The Hall–Kier alpha value is -2.42. The second kappa shape index (κ2) is 6.60. The Balaban J connectivity index is 2.50. The predicted octanol–water partition coefficient (Wildman–Crippen LogP) is 4.65. The minimum atomic E-state index is 0.0986. The molecular weight excluding hydrogens is 296 g/mol. The minimum Gasteiger partial charge on any atom is -0.293 e. The van der Waals surface area contributed by atoms with Crippen molar-refractivity contribution in [3.05, 3.63) is 63.6 Å². The van der Waals surface area contributed by atoms with Gasteiger partial charge in [0, 0.05) is 28.8 Å². The SMILES string of the molecule is CCCc1c(-c2cccc(C)c2)c2ccc(C)nc2n(CC)c1=O. The third kappa shape index (κ3) is 2.75. The van der Waals surface area contributed by atoms with Gasteiger partial charge in [0.15, 0.2) is 0 Å². The molecule has 0 aliphatic carbocycles. The first kappa shape index (κ1) is 16.4. The maximum atomic E-state index is 13.1. The summed E-state index contributed by atoms with van der Waals surface area (Å²) in [5.74, 6) is 0. The van der Waals surface area contributed by atoms with Crippen LogP contribution in [-0.2, 0) is 13.0 Å². The molecule has 0 bridgehead atoms. The number of fused-ring (bicyclic) bond motifs is 1. The van der Waals surface area contributed by atoms with E-state index in [1.807, 2.05) is 24.5 Å². The van der Waals surface area contributed by atoms with Gasteiger partial charge < -0.3 is 0 Å². The molecule has 0 atom stereocenters. The molecule has 3 heteroatoms. The van der Waals surface area contributed by atoms with Crippen LogP contribution in [0.2, 0.25) is 0 Å². The van der Waals surface area contributed by atoms with Gasteiger partial charge in [0.1, 0.15) is 5.65 Å². The van der Waals surface area contributed by atoms with E-state index in [4.69, 9.17) is 0 Å². The molecule has 124 valence electrons. The zero-order valence-electron chi connectivity index (χ0n) is 14.9. The molecule has 1 aromatic carbocycles. The fourth-order valence-electron chi connectivity index (χ4n) is 3.38. The van der Waals surface area contributed by atoms with Gasteiger partial charge in [-0.2, -0.15) is 0 Å². The quantitative estimate of drug-likeness (QED) is 0.701. The summed E-state index contributed by atoms with van der Waals surface area (Å²) in [5.41, 5.74) is 6.08. The Morgan fingerprint density at radius 3 is 2.54 bits per heavy atom. The Morgan fingerprint density at radius 2 is 1.88 bits per heavy atom. The van der Waals surface area contributed by atoms with E-state index in [0.29, 0.717) is 6.54 Å². The monoisotopic (exact) mass is 320 g/mol. The van der Waals surface area contributed by atoms with Crippen molar-refractivity contribution in [1.29, 1.82) is 0 Å². The lowest BCUT2D eigenvalue weighted by molar-refractivity contribution is 0.732. The van der Waals surface area contributed by atoms with Gasteiger partial charge in [-0.1, -0.05) is 43.2 Å². The average Bonchev–Trinajstić information content (AvgIpc) is 2.56. The molecular formula is C21H24N2O. The van der Waals surface area contributed by atoms with Crippen LogP contribution >= 0.6 is 0 Å². The summed E-state index contributed by atoms with van der Waals surface area (Å²) in [4.78, 5) is 17.8. The lowest BCUT2D eigenvalue weighted by Gasteiger charge is -2.17. The highest BCUT2D eigenvalue weighted by atomic mass is 16.1. The van der Waals surface area contributed by atoms with Crippen LogP contribution in [0.3, 0.4) is 0 Å². The number of hydrogen-bond acceptors (Lipinski definition) is 2. The number of aryl methyl sites for hydroxylation is 3. The fourth-order valence-corrected chi connectivity index (χ4v) is 3.38. The van der Waals surface area contributed by atoms with Gasteiger partial charge in [0.25, 0.3) is 5.56 Å². The minimum absolute atomic E-state index is 0.0986. The number of rotatable bonds is 4. The van der Waals surface area contributed by atoms with Crippen LogP contribution in [0.4, 0.5) is 0 Å². The largest absolute Gasteiger partial charge is 0.293 e. The van der Waals surface area contributed by atoms with Crippen molar-refractivity contribution in [3.8, 4) is 11.1 Å². The van der Waals surface area contributed by atoms with Gasteiger partial charge in [-0.3, -0.25) is 9.36 Å². The first-order valence-electron chi connectivity index (χ1n) is 8.66. The van der Waals surface area contributed by atoms with Crippen LogP contribution in [0.5, 0.6) is 0 Å². The van der Waals surface area contributed by atoms with Crippen LogP contribution in [0.15, 0.2) is 41.2 Å². The van der Waals surface area contributed by atoms with Gasteiger partial charge in [-0.25, -0.2) is 4.98 Å². The van der Waals surface area contributed by atoms with Crippen molar-refractivity contribution < 1.29 is 0 Å². The van der Waals surface area contributed by atoms with Gasteiger partial charge in [-0.05, 0) is 44.9 Å². The zero-order valence-corrected chi connectivity index (χ0v) is 14.9. The summed E-state index contributed by atoms with van der Waals surface area (Å²) in [6, 6.07) is 12.5. The summed E-state index contributed by atoms with van der Waals surface area (Å²) in [7, 11) is 0. The molecule has 0 unspecified atom stereocenters. The van der Waals surface area contributed by atoms with Crippen molar-refractivity contribution in [2.45, 2.75) is 47.1 Å². The van der Waals surface area contributed by atoms with Crippen LogP contribution in [0.25, 0.3) is 22.2 Å². The number of hydrogen-bond donors (Lipinski definition) is 0. The second-order valence-corrected chi connectivity index (χ2v) is 6.35. The van der Waals surface area contributed by atoms with Crippen molar-refractivity contribution in [3.63, 3.8) is 0 Å². The molecule has 0 fully saturated rings. The highest BCUT2D eigenvalue weighted by Crippen LogP contribution is 2.31. The maximum absolute atomic E-state index is 13.1. The molecule has 3 nitrogen and oxygen atoms in total. The number of aromatic nitrogens is 2. The van der Waals surface area contributed by atoms with Crippen LogP contribution < -0.4 is 5.56 Å². The van der Waals surface area contributed by atoms with Crippen molar-refractivity contribution >= 4 is 11.0 Å². The second-order valence-electron chi connectivity index (χ2n) is 6.35. The molecule has 0 saturated carbocycles. The third-order valence-corrected chi connectivity index (χ3v) is 4.47. The summed E-state index contributed by atoms with van der Waals surface area (Å²) in [6.07, 6.45) is 1.73. The molecule has 2 heterocycles. The number of benzene rings is 1. The first-order valence-corrected chi connectivity index (χ1v) is 8.66. The molecule has 0 saturated heterocycles. The van der Waals surface area contributed by atoms with Gasteiger partial charge in [0.05, 0.1) is 0 Å². The fraction of sp³-hybridized carbons (Fsp3) is 0.333.